The third-order valence-electron chi connectivity index (χ3n) is 2.04. The molecule has 0 fully saturated rings. The van der Waals surface area contributed by atoms with E-state index in [-0.39, 0.29) is 6.10 Å². The van der Waals surface area contributed by atoms with E-state index in [1.165, 1.54) is 0 Å². The zero-order chi connectivity index (χ0) is 11.3. The lowest BCUT2D eigenvalue weighted by Crippen LogP contribution is -2.09. The van der Waals surface area contributed by atoms with Crippen molar-refractivity contribution in [1.29, 1.82) is 0 Å². The Balaban J connectivity index is 2.62. The second kappa shape index (κ2) is 5.95. The molecule has 3 nitrogen and oxygen atoms in total. The smallest absolute Gasteiger partial charge is 0.125 e. The molecule has 1 aromatic carbocycles. The first-order valence-electron chi connectivity index (χ1n) is 4.93. The van der Waals surface area contributed by atoms with Crippen molar-refractivity contribution in [2.75, 3.05) is 6.61 Å². The summed E-state index contributed by atoms with van der Waals surface area (Å²) in [5, 5.41) is 9.71. The van der Waals surface area contributed by atoms with Crippen molar-refractivity contribution in [2.45, 2.75) is 26.0 Å². The predicted molar refractivity (Wildman–Crippen MR) is 61.1 cm³/mol. The molecule has 3 N–H and O–H groups in total. The van der Waals surface area contributed by atoms with Crippen LogP contribution < -0.4 is 10.5 Å². The molecule has 0 heterocycles. The van der Waals surface area contributed by atoms with Crippen molar-refractivity contribution in [1.82, 2.24) is 0 Å². The summed E-state index contributed by atoms with van der Waals surface area (Å²) in [6, 6.07) is 5.37. The normalized spacial score (nSPS) is 12.5. The summed E-state index contributed by atoms with van der Waals surface area (Å²) in [6.07, 6.45) is 0.238. The van der Waals surface area contributed by atoms with Crippen LogP contribution in [-0.4, -0.2) is 17.8 Å². The first-order chi connectivity index (χ1) is 7.13. The van der Waals surface area contributed by atoms with Crippen LogP contribution in [0.2, 0.25) is 5.02 Å². The Morgan fingerprint density at radius 3 is 2.87 bits per heavy atom. The van der Waals surface area contributed by atoms with E-state index in [0.29, 0.717) is 30.3 Å². The third-order valence-corrected chi connectivity index (χ3v) is 2.28. The van der Waals surface area contributed by atoms with E-state index in [1.54, 1.807) is 19.1 Å². The minimum absolute atomic E-state index is 0.356. The highest BCUT2D eigenvalue weighted by Gasteiger charge is 2.04. The minimum Gasteiger partial charge on any atom is -0.493 e. The van der Waals surface area contributed by atoms with E-state index in [1.807, 2.05) is 6.07 Å². The molecule has 0 aromatic heterocycles. The van der Waals surface area contributed by atoms with Gasteiger partial charge in [0, 0.05) is 23.6 Å². The number of aliphatic hydroxyl groups excluding tert-OH is 1. The summed E-state index contributed by atoms with van der Waals surface area (Å²) in [4.78, 5) is 0. The molecule has 0 radical (unpaired) electrons. The van der Waals surface area contributed by atoms with E-state index in [4.69, 9.17) is 27.2 Å². The average Bonchev–Trinajstić information content (AvgIpc) is 2.17. The van der Waals surface area contributed by atoms with Gasteiger partial charge >= 0.3 is 0 Å². The Hall–Kier alpha value is -0.770. The van der Waals surface area contributed by atoms with Crippen LogP contribution in [0.3, 0.4) is 0 Å². The third kappa shape index (κ3) is 4.08. The van der Waals surface area contributed by atoms with Gasteiger partial charge in [-0.3, -0.25) is 0 Å². The number of ether oxygens (including phenoxy) is 1. The number of rotatable bonds is 5. The van der Waals surface area contributed by atoms with Gasteiger partial charge in [0.25, 0.3) is 0 Å². The van der Waals surface area contributed by atoms with Gasteiger partial charge in [0.15, 0.2) is 0 Å². The van der Waals surface area contributed by atoms with Gasteiger partial charge in [0.1, 0.15) is 5.75 Å². The topological polar surface area (TPSA) is 55.5 Å². The molecule has 1 unspecified atom stereocenters. The van der Waals surface area contributed by atoms with Crippen molar-refractivity contribution >= 4 is 11.6 Å². The first kappa shape index (κ1) is 12.3. The van der Waals surface area contributed by atoms with E-state index in [2.05, 4.69) is 0 Å². The lowest BCUT2D eigenvalue weighted by atomic mass is 10.2. The molecular formula is C11H16ClNO2. The Morgan fingerprint density at radius 1 is 1.53 bits per heavy atom. The molecule has 0 aliphatic rings. The summed E-state index contributed by atoms with van der Waals surface area (Å²) in [6.45, 7) is 2.61. The Bertz CT molecular complexity index is 315. The van der Waals surface area contributed by atoms with Gasteiger partial charge in [0.2, 0.25) is 0 Å². The maximum atomic E-state index is 9.08. The highest BCUT2D eigenvalue weighted by Crippen LogP contribution is 2.23. The fourth-order valence-electron chi connectivity index (χ4n) is 1.17. The summed E-state index contributed by atoms with van der Waals surface area (Å²) in [5.74, 6) is 0.700. The Kier molecular flexibility index (Phi) is 4.88. The lowest BCUT2D eigenvalue weighted by molar-refractivity contribution is 0.155. The van der Waals surface area contributed by atoms with E-state index in [0.717, 1.165) is 5.56 Å². The largest absolute Gasteiger partial charge is 0.493 e. The first-order valence-corrected chi connectivity index (χ1v) is 5.30. The summed E-state index contributed by atoms with van der Waals surface area (Å²) < 4.78 is 5.50. The molecule has 0 aliphatic carbocycles. The summed E-state index contributed by atoms with van der Waals surface area (Å²) >= 11 is 5.85. The maximum absolute atomic E-state index is 9.08. The SMILES string of the molecule is CC(O)CCOc1cc(Cl)ccc1CN. The molecule has 0 saturated heterocycles. The van der Waals surface area contributed by atoms with E-state index < -0.39 is 0 Å². The molecule has 0 aliphatic heterocycles. The fraction of sp³-hybridized carbons (Fsp3) is 0.455. The number of benzene rings is 1. The molecule has 15 heavy (non-hydrogen) atoms. The number of hydrogen-bond donors (Lipinski definition) is 2. The maximum Gasteiger partial charge on any atom is 0.125 e. The van der Waals surface area contributed by atoms with Crippen LogP contribution in [0.1, 0.15) is 18.9 Å². The van der Waals surface area contributed by atoms with Gasteiger partial charge in [-0.15, -0.1) is 0 Å². The zero-order valence-electron chi connectivity index (χ0n) is 8.74. The molecule has 1 rings (SSSR count). The predicted octanol–water partition coefficient (Wildman–Crippen LogP) is 1.95. The van der Waals surface area contributed by atoms with Gasteiger partial charge in [-0.25, -0.2) is 0 Å². The van der Waals surface area contributed by atoms with Crippen molar-refractivity contribution < 1.29 is 9.84 Å². The fourth-order valence-corrected chi connectivity index (χ4v) is 1.33. The summed E-state index contributed by atoms with van der Waals surface area (Å²) in [7, 11) is 0. The second-order valence-corrected chi connectivity index (χ2v) is 3.88. The van der Waals surface area contributed by atoms with Gasteiger partial charge in [-0.05, 0) is 19.1 Å². The zero-order valence-corrected chi connectivity index (χ0v) is 9.50. The molecule has 0 amide bonds. The molecule has 0 saturated carbocycles. The Labute approximate surface area is 94.8 Å². The van der Waals surface area contributed by atoms with Crippen molar-refractivity contribution in [3.63, 3.8) is 0 Å². The van der Waals surface area contributed by atoms with Gasteiger partial charge < -0.3 is 15.6 Å². The molecule has 84 valence electrons. The monoisotopic (exact) mass is 229 g/mol. The van der Waals surface area contributed by atoms with Crippen molar-refractivity contribution in [3.8, 4) is 5.75 Å². The van der Waals surface area contributed by atoms with E-state index in [9.17, 15) is 0 Å². The van der Waals surface area contributed by atoms with Crippen LogP contribution in [0.15, 0.2) is 18.2 Å². The second-order valence-electron chi connectivity index (χ2n) is 3.44. The highest BCUT2D eigenvalue weighted by molar-refractivity contribution is 6.30. The summed E-state index contributed by atoms with van der Waals surface area (Å²) in [5.41, 5.74) is 6.48. The van der Waals surface area contributed by atoms with Crippen LogP contribution in [0, 0.1) is 0 Å². The molecule has 0 spiro atoms. The number of nitrogens with two attached hydrogens (primary N) is 1. The lowest BCUT2D eigenvalue weighted by Gasteiger charge is -2.11. The average molecular weight is 230 g/mol. The van der Waals surface area contributed by atoms with Crippen LogP contribution >= 0.6 is 11.6 Å². The number of aliphatic hydroxyl groups is 1. The minimum atomic E-state index is -0.356. The molecule has 0 bridgehead atoms. The number of halogens is 1. The molecule has 1 aromatic rings. The Morgan fingerprint density at radius 2 is 2.27 bits per heavy atom. The molecule has 4 heteroatoms. The standard InChI is InChI=1S/C11H16ClNO2/c1-8(14)4-5-15-11-6-10(12)3-2-9(11)7-13/h2-3,6,8,14H,4-5,7,13H2,1H3. The van der Waals surface area contributed by atoms with Crippen LogP contribution in [0.5, 0.6) is 5.75 Å². The van der Waals surface area contributed by atoms with Crippen molar-refractivity contribution in [3.05, 3.63) is 28.8 Å². The number of hydrogen-bond acceptors (Lipinski definition) is 3. The molecule has 1 atom stereocenters. The van der Waals surface area contributed by atoms with Gasteiger partial charge in [-0.1, -0.05) is 17.7 Å². The van der Waals surface area contributed by atoms with Gasteiger partial charge in [0.05, 0.1) is 12.7 Å². The van der Waals surface area contributed by atoms with Crippen LogP contribution in [0.25, 0.3) is 0 Å². The molecular weight excluding hydrogens is 214 g/mol. The van der Waals surface area contributed by atoms with Gasteiger partial charge in [-0.2, -0.15) is 0 Å². The van der Waals surface area contributed by atoms with E-state index >= 15 is 0 Å². The van der Waals surface area contributed by atoms with Crippen LogP contribution in [0.4, 0.5) is 0 Å². The van der Waals surface area contributed by atoms with Crippen LogP contribution in [-0.2, 0) is 6.54 Å². The quantitative estimate of drug-likeness (QED) is 0.812. The highest BCUT2D eigenvalue weighted by atomic mass is 35.5. The van der Waals surface area contributed by atoms with Crippen molar-refractivity contribution in [2.24, 2.45) is 5.73 Å².